The van der Waals surface area contributed by atoms with Gasteiger partial charge in [0.15, 0.2) is 0 Å². The molecule has 0 unspecified atom stereocenters. The summed E-state index contributed by atoms with van der Waals surface area (Å²) in [5, 5.41) is 13.4. The quantitative estimate of drug-likeness (QED) is 0.380. The minimum Gasteiger partial charge on any atom is -0.369 e. The molecule has 3 aromatic rings. The van der Waals surface area contributed by atoms with Crippen LogP contribution in [0.3, 0.4) is 0 Å². The number of amides is 4. The molecule has 4 bridgehead atoms. The Morgan fingerprint density at radius 3 is 2.35 bits per heavy atom. The Hall–Kier alpha value is -3.68. The summed E-state index contributed by atoms with van der Waals surface area (Å²) in [5.74, 6) is -1.39. The SMILES string of the molecule is CC(C)OCC(=O)N1CCCNC(=O)c2csc(n2)[C@H](C(C)C)NC(=O)c2csc(n2)[C@H](Cc2ccccc2)NC(=O)C1. The fourth-order valence-corrected chi connectivity index (χ4v) is 6.33. The second kappa shape index (κ2) is 15.2. The normalized spacial score (nSPS) is 18.8. The van der Waals surface area contributed by atoms with Gasteiger partial charge in [0.25, 0.3) is 11.8 Å². The van der Waals surface area contributed by atoms with Crippen LogP contribution in [-0.4, -0.2) is 70.8 Å². The highest BCUT2D eigenvalue weighted by Crippen LogP contribution is 2.27. The second-order valence-corrected chi connectivity index (χ2v) is 12.7. The molecule has 0 saturated carbocycles. The maximum atomic E-state index is 13.4. The zero-order valence-corrected chi connectivity index (χ0v) is 26.4. The van der Waals surface area contributed by atoms with Crippen LogP contribution < -0.4 is 16.0 Å². The Balaban J connectivity index is 1.64. The van der Waals surface area contributed by atoms with Gasteiger partial charge >= 0.3 is 0 Å². The molecule has 0 saturated heterocycles. The van der Waals surface area contributed by atoms with Gasteiger partial charge in [0.1, 0.15) is 28.0 Å². The first kappa shape index (κ1) is 32.2. The molecule has 11 nitrogen and oxygen atoms in total. The Morgan fingerprint density at radius 1 is 0.977 bits per heavy atom. The first-order chi connectivity index (χ1) is 20.6. The zero-order valence-electron chi connectivity index (χ0n) is 24.8. The van der Waals surface area contributed by atoms with E-state index < -0.39 is 12.1 Å². The monoisotopic (exact) mass is 626 g/mol. The number of nitrogens with one attached hydrogen (secondary N) is 3. The van der Waals surface area contributed by atoms with E-state index in [9.17, 15) is 19.2 Å². The molecule has 0 aliphatic carbocycles. The van der Waals surface area contributed by atoms with Gasteiger partial charge in [-0.05, 0) is 38.2 Å². The molecule has 2 atom stereocenters. The Bertz CT molecular complexity index is 1410. The first-order valence-electron chi connectivity index (χ1n) is 14.3. The Morgan fingerprint density at radius 2 is 1.65 bits per heavy atom. The summed E-state index contributed by atoms with van der Waals surface area (Å²) in [6.45, 7) is 7.79. The first-order valence-corrected chi connectivity index (χ1v) is 16.1. The fraction of sp³-hybridized carbons (Fsp3) is 0.467. The van der Waals surface area contributed by atoms with E-state index in [1.807, 2.05) is 58.0 Å². The van der Waals surface area contributed by atoms with E-state index in [0.717, 1.165) is 5.56 Å². The van der Waals surface area contributed by atoms with Crippen molar-refractivity contribution in [1.29, 1.82) is 0 Å². The molecule has 2 aromatic heterocycles. The highest BCUT2D eigenvalue weighted by Gasteiger charge is 2.27. The van der Waals surface area contributed by atoms with Gasteiger partial charge in [-0.3, -0.25) is 19.2 Å². The molecule has 230 valence electrons. The van der Waals surface area contributed by atoms with Crippen molar-refractivity contribution < 1.29 is 23.9 Å². The Labute approximate surface area is 259 Å². The van der Waals surface area contributed by atoms with E-state index in [2.05, 4.69) is 25.9 Å². The summed E-state index contributed by atoms with van der Waals surface area (Å²) in [6, 6.07) is 8.75. The van der Waals surface area contributed by atoms with E-state index in [1.165, 1.54) is 27.6 Å². The average Bonchev–Trinajstić information content (AvgIpc) is 3.66. The van der Waals surface area contributed by atoms with Crippen LogP contribution in [-0.2, 0) is 20.7 Å². The summed E-state index contributed by atoms with van der Waals surface area (Å²) in [4.78, 5) is 63.1. The van der Waals surface area contributed by atoms with E-state index >= 15 is 0 Å². The number of benzene rings is 1. The van der Waals surface area contributed by atoms with Crippen LogP contribution in [0.25, 0.3) is 0 Å². The lowest BCUT2D eigenvalue weighted by molar-refractivity contribution is -0.141. The number of carbonyl (C=O) groups is 4. The zero-order chi connectivity index (χ0) is 30.9. The van der Waals surface area contributed by atoms with Crippen molar-refractivity contribution in [1.82, 2.24) is 30.8 Å². The van der Waals surface area contributed by atoms with Crippen molar-refractivity contribution in [3.05, 3.63) is 68.1 Å². The number of ether oxygens (including phenoxy) is 1. The highest BCUT2D eigenvalue weighted by atomic mass is 32.1. The minimum absolute atomic E-state index is 0.00605. The van der Waals surface area contributed by atoms with Gasteiger partial charge in [0.2, 0.25) is 11.8 Å². The van der Waals surface area contributed by atoms with Gasteiger partial charge < -0.3 is 25.6 Å². The molecule has 1 aliphatic heterocycles. The van der Waals surface area contributed by atoms with Crippen LogP contribution in [0.1, 0.15) is 82.8 Å². The number of hydrogen-bond acceptors (Lipinski definition) is 9. The second-order valence-electron chi connectivity index (χ2n) is 10.9. The standard InChI is InChI=1S/C30H38N6O5S2/c1-18(2)26-30-34-22(16-43-30)27(39)31-11-8-12-36(25(38)15-41-19(3)4)14-24(37)32-21(13-20-9-6-5-7-10-20)29-33-23(17-42-29)28(40)35-26/h5-7,9-10,16-19,21,26H,8,11-15H2,1-4H3,(H,31,39)(H,32,37)(H,35,40)/t21-,26-/m0/s1. The number of thiazole rings is 2. The highest BCUT2D eigenvalue weighted by molar-refractivity contribution is 7.10. The predicted molar refractivity (Wildman–Crippen MR) is 165 cm³/mol. The smallest absolute Gasteiger partial charge is 0.271 e. The summed E-state index contributed by atoms with van der Waals surface area (Å²) in [5.41, 5.74) is 1.48. The molecule has 0 radical (unpaired) electrons. The van der Waals surface area contributed by atoms with Crippen molar-refractivity contribution in [2.75, 3.05) is 26.2 Å². The van der Waals surface area contributed by atoms with Gasteiger partial charge in [0, 0.05) is 23.8 Å². The predicted octanol–water partition coefficient (Wildman–Crippen LogP) is 3.51. The van der Waals surface area contributed by atoms with E-state index in [1.54, 1.807) is 10.8 Å². The largest absolute Gasteiger partial charge is 0.369 e. The fourth-order valence-electron chi connectivity index (χ4n) is 4.46. The number of hydrogen-bond donors (Lipinski definition) is 3. The van der Waals surface area contributed by atoms with Crippen molar-refractivity contribution in [3.8, 4) is 0 Å². The lowest BCUT2D eigenvalue weighted by atomic mass is 10.0. The molecule has 3 heterocycles. The van der Waals surface area contributed by atoms with Crippen molar-refractivity contribution in [3.63, 3.8) is 0 Å². The van der Waals surface area contributed by atoms with Crippen molar-refractivity contribution in [2.24, 2.45) is 5.92 Å². The third kappa shape index (κ3) is 9.15. The molecule has 3 N–H and O–H groups in total. The molecule has 4 amide bonds. The molecule has 1 aromatic carbocycles. The molecule has 0 fully saturated rings. The van der Waals surface area contributed by atoms with Gasteiger partial charge in [0.05, 0.1) is 24.7 Å². The molecule has 0 spiro atoms. The number of rotatable bonds is 6. The summed E-state index contributed by atoms with van der Waals surface area (Å²) < 4.78 is 5.51. The van der Waals surface area contributed by atoms with Crippen LogP contribution in [0.15, 0.2) is 41.1 Å². The van der Waals surface area contributed by atoms with E-state index in [4.69, 9.17) is 4.74 Å². The number of carbonyl (C=O) groups excluding carboxylic acids is 4. The molecule has 4 rings (SSSR count). The van der Waals surface area contributed by atoms with E-state index in [0.29, 0.717) is 22.9 Å². The molecular weight excluding hydrogens is 589 g/mol. The minimum atomic E-state index is -0.519. The van der Waals surface area contributed by atoms with E-state index in [-0.39, 0.29) is 73.3 Å². The van der Waals surface area contributed by atoms with Gasteiger partial charge in [-0.25, -0.2) is 9.97 Å². The van der Waals surface area contributed by atoms with Gasteiger partial charge in [-0.1, -0.05) is 44.2 Å². The average molecular weight is 627 g/mol. The number of nitrogens with zero attached hydrogens (tertiary/aromatic N) is 3. The van der Waals surface area contributed by atoms with Crippen molar-refractivity contribution >= 4 is 46.3 Å². The topological polar surface area (TPSA) is 143 Å². The lowest BCUT2D eigenvalue weighted by Gasteiger charge is -2.24. The molecule has 1 aliphatic rings. The van der Waals surface area contributed by atoms with Crippen LogP contribution in [0.4, 0.5) is 0 Å². The van der Waals surface area contributed by atoms with Crippen molar-refractivity contribution in [2.45, 2.75) is 58.7 Å². The summed E-state index contributed by atoms with van der Waals surface area (Å²) in [7, 11) is 0. The molecule has 43 heavy (non-hydrogen) atoms. The third-order valence-corrected chi connectivity index (χ3v) is 8.65. The van der Waals surface area contributed by atoms with Gasteiger partial charge in [-0.15, -0.1) is 22.7 Å². The maximum Gasteiger partial charge on any atom is 0.271 e. The number of aromatic nitrogens is 2. The van der Waals surface area contributed by atoms with Crippen LogP contribution >= 0.6 is 22.7 Å². The summed E-state index contributed by atoms with van der Waals surface area (Å²) >= 11 is 2.60. The molecule has 13 heteroatoms. The van der Waals surface area contributed by atoms with Crippen LogP contribution in [0.5, 0.6) is 0 Å². The van der Waals surface area contributed by atoms with Gasteiger partial charge in [-0.2, -0.15) is 0 Å². The third-order valence-electron chi connectivity index (χ3n) is 6.76. The molecular formula is C30H38N6O5S2. The maximum absolute atomic E-state index is 13.4. The number of fused-ring (bicyclic) bond motifs is 4. The van der Waals surface area contributed by atoms with Crippen LogP contribution in [0, 0.1) is 5.92 Å². The van der Waals surface area contributed by atoms with Crippen LogP contribution in [0.2, 0.25) is 0 Å². The Kier molecular flexibility index (Phi) is 11.4. The lowest BCUT2D eigenvalue weighted by Crippen LogP contribution is -2.44. The summed E-state index contributed by atoms with van der Waals surface area (Å²) in [6.07, 6.45) is 0.734.